The predicted octanol–water partition coefficient (Wildman–Crippen LogP) is 2.76. The lowest BCUT2D eigenvalue weighted by atomic mass is 10.1. The number of amides is 2. The monoisotopic (exact) mass is 405 g/mol. The Morgan fingerprint density at radius 3 is 2.34 bits per heavy atom. The Balaban J connectivity index is 1.44. The summed E-state index contributed by atoms with van der Waals surface area (Å²) in [6.07, 6.45) is -3.12. The van der Waals surface area contributed by atoms with Crippen molar-refractivity contribution in [1.82, 2.24) is 10.6 Å². The first kappa shape index (κ1) is 20.7. The summed E-state index contributed by atoms with van der Waals surface area (Å²) in [4.78, 5) is 25.9. The second-order valence-electron chi connectivity index (χ2n) is 6.94. The van der Waals surface area contributed by atoms with Gasteiger partial charge in [-0.15, -0.1) is 0 Å². The molecule has 29 heavy (non-hydrogen) atoms. The fourth-order valence-electron chi connectivity index (χ4n) is 3.27. The summed E-state index contributed by atoms with van der Waals surface area (Å²) >= 11 is 0. The highest BCUT2D eigenvalue weighted by Crippen LogP contribution is 2.31. The lowest BCUT2D eigenvalue weighted by Crippen LogP contribution is -2.46. The Morgan fingerprint density at radius 2 is 1.69 bits per heavy atom. The molecule has 0 aromatic heterocycles. The molecule has 1 aliphatic rings. The second-order valence-corrected chi connectivity index (χ2v) is 6.94. The van der Waals surface area contributed by atoms with E-state index in [1.54, 1.807) is 0 Å². The first-order valence-electron chi connectivity index (χ1n) is 9.38. The Kier molecular flexibility index (Phi) is 6.41. The molecule has 3 rings (SSSR count). The molecule has 0 saturated carbocycles. The van der Waals surface area contributed by atoms with Crippen molar-refractivity contribution in [2.24, 2.45) is 0 Å². The normalized spacial score (nSPS) is 16.5. The minimum Gasteiger partial charge on any atom is -0.369 e. The molecule has 1 heterocycles. The Bertz CT molecular complexity index is 838. The SMILES string of the molecule is O=C(NCCc1ccccc1)C(=O)NC1CCN(c2ccc(C(F)(F)F)cc2)C1. The van der Waals surface area contributed by atoms with Crippen LogP contribution < -0.4 is 15.5 Å². The number of anilines is 1. The van der Waals surface area contributed by atoms with Crippen molar-refractivity contribution in [3.05, 3.63) is 65.7 Å². The maximum Gasteiger partial charge on any atom is 0.416 e. The van der Waals surface area contributed by atoms with Crippen molar-refractivity contribution in [3.8, 4) is 0 Å². The van der Waals surface area contributed by atoms with Gasteiger partial charge in [0.05, 0.1) is 5.56 Å². The third kappa shape index (κ3) is 5.73. The average Bonchev–Trinajstić information content (AvgIpc) is 3.16. The number of halogens is 3. The van der Waals surface area contributed by atoms with Crippen LogP contribution in [0.25, 0.3) is 0 Å². The molecule has 5 nitrogen and oxygen atoms in total. The summed E-state index contributed by atoms with van der Waals surface area (Å²) in [5.41, 5.74) is 1.02. The standard InChI is InChI=1S/C21H22F3N3O2/c22-21(23,24)16-6-8-18(9-7-16)27-13-11-17(14-27)26-20(29)19(28)25-12-10-15-4-2-1-3-5-15/h1-9,17H,10-14H2,(H,25,28)(H,26,29). The molecule has 0 spiro atoms. The number of hydrogen-bond donors (Lipinski definition) is 2. The summed E-state index contributed by atoms with van der Waals surface area (Å²) in [6.45, 7) is 1.39. The smallest absolute Gasteiger partial charge is 0.369 e. The predicted molar refractivity (Wildman–Crippen MR) is 103 cm³/mol. The molecule has 0 bridgehead atoms. The van der Waals surface area contributed by atoms with Gasteiger partial charge < -0.3 is 15.5 Å². The van der Waals surface area contributed by atoms with Crippen LogP contribution in [-0.4, -0.2) is 37.5 Å². The van der Waals surface area contributed by atoms with E-state index in [4.69, 9.17) is 0 Å². The van der Waals surface area contributed by atoms with E-state index < -0.39 is 23.6 Å². The van der Waals surface area contributed by atoms with Crippen LogP contribution in [0.3, 0.4) is 0 Å². The van der Waals surface area contributed by atoms with Gasteiger partial charge in [0.2, 0.25) is 0 Å². The number of rotatable bonds is 5. The van der Waals surface area contributed by atoms with Crippen LogP contribution >= 0.6 is 0 Å². The zero-order valence-electron chi connectivity index (χ0n) is 15.7. The van der Waals surface area contributed by atoms with E-state index in [0.29, 0.717) is 38.2 Å². The molecule has 0 radical (unpaired) electrons. The quantitative estimate of drug-likeness (QED) is 0.752. The molecule has 2 amide bonds. The van der Waals surface area contributed by atoms with Gasteiger partial charge in [-0.3, -0.25) is 9.59 Å². The zero-order valence-corrected chi connectivity index (χ0v) is 15.7. The van der Waals surface area contributed by atoms with E-state index in [1.165, 1.54) is 12.1 Å². The highest BCUT2D eigenvalue weighted by atomic mass is 19.4. The molecule has 2 aromatic carbocycles. The van der Waals surface area contributed by atoms with Crippen molar-refractivity contribution >= 4 is 17.5 Å². The topological polar surface area (TPSA) is 61.4 Å². The highest BCUT2D eigenvalue weighted by Gasteiger charge is 2.31. The molecule has 1 aliphatic heterocycles. The number of carbonyl (C=O) groups is 2. The van der Waals surface area contributed by atoms with Crippen molar-refractivity contribution in [3.63, 3.8) is 0 Å². The van der Waals surface area contributed by atoms with E-state index in [0.717, 1.165) is 17.7 Å². The van der Waals surface area contributed by atoms with Crippen LogP contribution in [0.4, 0.5) is 18.9 Å². The van der Waals surface area contributed by atoms with Gasteiger partial charge in [-0.25, -0.2) is 0 Å². The van der Waals surface area contributed by atoms with Crippen molar-refractivity contribution in [2.75, 3.05) is 24.5 Å². The number of benzene rings is 2. The molecule has 2 N–H and O–H groups in total. The maximum absolute atomic E-state index is 12.7. The van der Waals surface area contributed by atoms with Crippen molar-refractivity contribution in [2.45, 2.75) is 25.1 Å². The summed E-state index contributed by atoms with van der Waals surface area (Å²) in [6, 6.07) is 14.3. The summed E-state index contributed by atoms with van der Waals surface area (Å²) < 4.78 is 38.0. The van der Waals surface area contributed by atoms with E-state index in [9.17, 15) is 22.8 Å². The minimum atomic E-state index is -4.37. The van der Waals surface area contributed by atoms with Crippen LogP contribution in [-0.2, 0) is 22.2 Å². The maximum atomic E-state index is 12.7. The summed E-state index contributed by atoms with van der Waals surface area (Å²) in [5, 5.41) is 5.29. The van der Waals surface area contributed by atoms with Gasteiger partial charge in [0.15, 0.2) is 0 Å². The Morgan fingerprint density at radius 1 is 1.00 bits per heavy atom. The lowest BCUT2D eigenvalue weighted by Gasteiger charge is -2.19. The molecular formula is C21H22F3N3O2. The Hall–Kier alpha value is -3.03. The minimum absolute atomic E-state index is 0.232. The Labute approximate surface area is 166 Å². The van der Waals surface area contributed by atoms with E-state index in [2.05, 4.69) is 10.6 Å². The van der Waals surface area contributed by atoms with Gasteiger partial charge in [-0.1, -0.05) is 30.3 Å². The molecule has 1 fully saturated rings. The molecule has 1 saturated heterocycles. The van der Waals surface area contributed by atoms with Gasteiger partial charge in [-0.05, 0) is 42.7 Å². The molecule has 8 heteroatoms. The van der Waals surface area contributed by atoms with E-state index in [1.807, 2.05) is 35.2 Å². The first-order valence-corrected chi connectivity index (χ1v) is 9.38. The van der Waals surface area contributed by atoms with Gasteiger partial charge in [-0.2, -0.15) is 13.2 Å². The van der Waals surface area contributed by atoms with Crippen LogP contribution in [0.5, 0.6) is 0 Å². The second kappa shape index (κ2) is 8.98. The van der Waals surface area contributed by atoms with Gasteiger partial charge in [0, 0.05) is 31.4 Å². The third-order valence-corrected chi connectivity index (χ3v) is 4.83. The van der Waals surface area contributed by atoms with Crippen LogP contribution in [0.15, 0.2) is 54.6 Å². The first-order chi connectivity index (χ1) is 13.8. The fraction of sp³-hybridized carbons (Fsp3) is 0.333. The number of nitrogens with zero attached hydrogens (tertiary/aromatic N) is 1. The molecule has 154 valence electrons. The molecule has 1 unspecified atom stereocenters. The summed E-state index contributed by atoms with van der Waals surface area (Å²) in [7, 11) is 0. The number of alkyl halides is 3. The fourth-order valence-corrected chi connectivity index (χ4v) is 3.27. The highest BCUT2D eigenvalue weighted by molar-refractivity contribution is 6.35. The molecular weight excluding hydrogens is 383 g/mol. The number of nitrogens with one attached hydrogen (secondary N) is 2. The van der Waals surface area contributed by atoms with Crippen LogP contribution in [0.1, 0.15) is 17.5 Å². The zero-order chi connectivity index (χ0) is 20.9. The van der Waals surface area contributed by atoms with Gasteiger partial charge in [0.1, 0.15) is 0 Å². The molecule has 1 atom stereocenters. The lowest BCUT2D eigenvalue weighted by molar-refractivity contribution is -0.139. The number of carbonyl (C=O) groups excluding carboxylic acids is 2. The van der Waals surface area contributed by atoms with Crippen LogP contribution in [0.2, 0.25) is 0 Å². The van der Waals surface area contributed by atoms with Crippen molar-refractivity contribution in [1.29, 1.82) is 0 Å². The molecule has 0 aliphatic carbocycles. The third-order valence-electron chi connectivity index (χ3n) is 4.83. The van der Waals surface area contributed by atoms with E-state index >= 15 is 0 Å². The van der Waals surface area contributed by atoms with Crippen molar-refractivity contribution < 1.29 is 22.8 Å². The number of hydrogen-bond acceptors (Lipinski definition) is 3. The van der Waals surface area contributed by atoms with Gasteiger partial charge in [0.25, 0.3) is 0 Å². The summed E-state index contributed by atoms with van der Waals surface area (Å²) in [5.74, 6) is -1.38. The van der Waals surface area contributed by atoms with Gasteiger partial charge >= 0.3 is 18.0 Å². The van der Waals surface area contributed by atoms with E-state index in [-0.39, 0.29) is 6.04 Å². The average molecular weight is 405 g/mol. The van der Waals surface area contributed by atoms with Crippen LogP contribution in [0, 0.1) is 0 Å². The molecule has 2 aromatic rings. The largest absolute Gasteiger partial charge is 0.416 e.